The zero-order valence-corrected chi connectivity index (χ0v) is 20.0. The molecule has 2 rings (SSSR count). The molecule has 0 spiro atoms. The molecule has 1 aromatic heterocycles. The van der Waals surface area contributed by atoms with Crippen molar-refractivity contribution in [2.24, 2.45) is 4.99 Å². The smallest absolute Gasteiger partial charge is 0.191 e. The summed E-state index contributed by atoms with van der Waals surface area (Å²) in [5.41, 5.74) is 3.18. The number of pyridine rings is 1. The molecule has 0 bridgehead atoms. The van der Waals surface area contributed by atoms with Crippen LogP contribution in [0.25, 0.3) is 0 Å². The van der Waals surface area contributed by atoms with Gasteiger partial charge >= 0.3 is 0 Å². The summed E-state index contributed by atoms with van der Waals surface area (Å²) in [7, 11) is 3.94. The molecule has 0 fully saturated rings. The van der Waals surface area contributed by atoms with Crippen LogP contribution in [0.1, 0.15) is 23.6 Å². The molecule has 2 N–H and O–H groups in total. The standard InChI is InChI=1S/C20H28FN5S.HI/c1-5-22-20(24-12-15-8-9-23-19(10-15)26(2)3)25-13-16-6-7-18(21)11-17(16)14-27-4;/h6-11H,5,12-14H2,1-4H3,(H2,22,24,25);1H. The molecule has 0 unspecified atom stereocenters. The topological polar surface area (TPSA) is 52.6 Å². The molecule has 8 heteroatoms. The lowest BCUT2D eigenvalue weighted by molar-refractivity contribution is 0.625. The van der Waals surface area contributed by atoms with Crippen LogP contribution >= 0.6 is 35.7 Å². The predicted molar refractivity (Wildman–Crippen MR) is 129 cm³/mol. The highest BCUT2D eigenvalue weighted by molar-refractivity contribution is 14.0. The number of hydrogen-bond donors (Lipinski definition) is 2. The van der Waals surface area contributed by atoms with Crippen molar-refractivity contribution in [2.45, 2.75) is 25.8 Å². The fraction of sp³-hybridized carbons (Fsp3) is 0.400. The van der Waals surface area contributed by atoms with E-state index < -0.39 is 0 Å². The van der Waals surface area contributed by atoms with Crippen molar-refractivity contribution < 1.29 is 4.39 Å². The SMILES string of the molecule is CCNC(=NCc1ccnc(N(C)C)c1)NCc1ccc(F)cc1CSC.I. The number of anilines is 1. The molecule has 0 saturated carbocycles. The summed E-state index contributed by atoms with van der Waals surface area (Å²) in [5.74, 6) is 2.24. The third-order valence-electron chi connectivity index (χ3n) is 3.95. The fourth-order valence-corrected chi connectivity index (χ4v) is 3.13. The molecular weight excluding hydrogens is 488 g/mol. The number of hydrogen-bond acceptors (Lipinski definition) is 4. The number of nitrogens with one attached hydrogen (secondary N) is 2. The van der Waals surface area contributed by atoms with E-state index in [1.54, 1.807) is 24.0 Å². The monoisotopic (exact) mass is 517 g/mol. The zero-order chi connectivity index (χ0) is 19.6. The van der Waals surface area contributed by atoms with Gasteiger partial charge in [0.25, 0.3) is 0 Å². The third kappa shape index (κ3) is 7.83. The lowest BCUT2D eigenvalue weighted by Crippen LogP contribution is -2.37. The molecule has 0 saturated heterocycles. The Hall–Kier alpha value is -1.55. The van der Waals surface area contributed by atoms with E-state index in [-0.39, 0.29) is 29.8 Å². The summed E-state index contributed by atoms with van der Waals surface area (Å²) in [6.45, 7) is 3.96. The van der Waals surface area contributed by atoms with Crippen LogP contribution < -0.4 is 15.5 Å². The van der Waals surface area contributed by atoms with Gasteiger partial charge in [0.1, 0.15) is 11.6 Å². The lowest BCUT2D eigenvalue weighted by atomic mass is 10.1. The van der Waals surface area contributed by atoms with Gasteiger partial charge in [-0.05, 0) is 54.1 Å². The molecule has 0 radical (unpaired) electrons. The maximum Gasteiger partial charge on any atom is 0.191 e. The molecule has 0 atom stereocenters. The minimum atomic E-state index is -0.197. The third-order valence-corrected chi connectivity index (χ3v) is 4.55. The van der Waals surface area contributed by atoms with Gasteiger partial charge in [0.2, 0.25) is 0 Å². The van der Waals surface area contributed by atoms with Gasteiger partial charge in [-0.1, -0.05) is 6.07 Å². The molecule has 0 aliphatic heterocycles. The summed E-state index contributed by atoms with van der Waals surface area (Å²) in [6.07, 6.45) is 3.82. The first-order valence-corrected chi connectivity index (χ1v) is 10.3. The molecule has 2 aromatic rings. The predicted octanol–water partition coefficient (Wildman–Crippen LogP) is 4.02. The Bertz CT molecular complexity index is 770. The molecule has 1 heterocycles. The average Bonchev–Trinajstić information content (AvgIpc) is 2.65. The van der Waals surface area contributed by atoms with E-state index in [0.717, 1.165) is 40.8 Å². The highest BCUT2D eigenvalue weighted by Crippen LogP contribution is 2.16. The summed E-state index contributed by atoms with van der Waals surface area (Å²) < 4.78 is 13.5. The molecular formula is C20H29FIN5S. The summed E-state index contributed by atoms with van der Waals surface area (Å²) >= 11 is 1.68. The number of rotatable bonds is 8. The van der Waals surface area contributed by atoms with Gasteiger partial charge in [0.05, 0.1) is 6.54 Å². The van der Waals surface area contributed by atoms with E-state index in [1.165, 1.54) is 6.07 Å². The summed E-state index contributed by atoms with van der Waals surface area (Å²) in [6, 6.07) is 8.95. The van der Waals surface area contributed by atoms with E-state index in [2.05, 4.69) is 20.6 Å². The minimum absolute atomic E-state index is 0. The van der Waals surface area contributed by atoms with Crippen molar-refractivity contribution in [3.05, 3.63) is 59.0 Å². The Labute approximate surface area is 188 Å². The number of benzene rings is 1. The number of thioether (sulfide) groups is 1. The average molecular weight is 517 g/mol. The van der Waals surface area contributed by atoms with Crippen molar-refractivity contribution in [3.63, 3.8) is 0 Å². The summed E-state index contributed by atoms with van der Waals surface area (Å²) in [5, 5.41) is 6.60. The highest BCUT2D eigenvalue weighted by Gasteiger charge is 2.06. The molecule has 0 aliphatic rings. The number of aromatic nitrogens is 1. The normalized spacial score (nSPS) is 11.0. The Morgan fingerprint density at radius 2 is 1.96 bits per heavy atom. The van der Waals surface area contributed by atoms with Gasteiger partial charge in [-0.15, -0.1) is 24.0 Å². The van der Waals surface area contributed by atoms with E-state index in [9.17, 15) is 4.39 Å². The van der Waals surface area contributed by atoms with E-state index in [1.807, 2.05) is 50.4 Å². The Morgan fingerprint density at radius 3 is 2.64 bits per heavy atom. The van der Waals surface area contributed by atoms with Crippen LogP contribution in [0, 0.1) is 5.82 Å². The van der Waals surface area contributed by atoms with Gasteiger partial charge in [0.15, 0.2) is 5.96 Å². The van der Waals surface area contributed by atoms with Gasteiger partial charge in [-0.2, -0.15) is 11.8 Å². The van der Waals surface area contributed by atoms with Crippen molar-refractivity contribution in [2.75, 3.05) is 31.8 Å². The second-order valence-corrected chi connectivity index (χ2v) is 7.18. The van der Waals surface area contributed by atoms with Crippen LogP contribution in [0.2, 0.25) is 0 Å². The Morgan fingerprint density at radius 1 is 1.18 bits per heavy atom. The highest BCUT2D eigenvalue weighted by atomic mass is 127. The summed E-state index contributed by atoms with van der Waals surface area (Å²) in [4.78, 5) is 11.0. The van der Waals surface area contributed by atoms with Gasteiger partial charge < -0.3 is 15.5 Å². The van der Waals surface area contributed by atoms with Gasteiger partial charge in [-0.25, -0.2) is 14.4 Å². The number of guanidine groups is 1. The molecule has 28 heavy (non-hydrogen) atoms. The fourth-order valence-electron chi connectivity index (χ4n) is 2.55. The second-order valence-electron chi connectivity index (χ2n) is 6.31. The first kappa shape index (κ1) is 24.5. The minimum Gasteiger partial charge on any atom is -0.363 e. The molecule has 5 nitrogen and oxygen atoms in total. The maximum absolute atomic E-state index is 13.5. The van der Waals surface area contributed by atoms with Crippen LogP contribution in [-0.4, -0.2) is 37.8 Å². The largest absolute Gasteiger partial charge is 0.363 e. The van der Waals surface area contributed by atoms with Crippen LogP contribution in [0.3, 0.4) is 0 Å². The number of nitrogens with zero attached hydrogens (tertiary/aromatic N) is 3. The van der Waals surface area contributed by atoms with E-state index in [4.69, 9.17) is 0 Å². The van der Waals surface area contributed by atoms with Gasteiger partial charge in [0, 0.05) is 39.1 Å². The number of aliphatic imine (C=N–C) groups is 1. The molecule has 1 aromatic carbocycles. The van der Waals surface area contributed by atoms with Crippen molar-refractivity contribution in [1.29, 1.82) is 0 Å². The van der Waals surface area contributed by atoms with Crippen LogP contribution in [0.15, 0.2) is 41.5 Å². The number of halogens is 2. The van der Waals surface area contributed by atoms with E-state index >= 15 is 0 Å². The van der Waals surface area contributed by atoms with Crippen LogP contribution in [0.4, 0.5) is 10.2 Å². The molecule has 0 aliphatic carbocycles. The van der Waals surface area contributed by atoms with Gasteiger partial charge in [-0.3, -0.25) is 0 Å². The Kier molecular flexibility index (Phi) is 11.2. The molecule has 154 valence electrons. The quantitative estimate of drug-likeness (QED) is 0.315. The molecule has 0 amide bonds. The van der Waals surface area contributed by atoms with E-state index in [0.29, 0.717) is 13.1 Å². The second kappa shape index (κ2) is 12.8. The van der Waals surface area contributed by atoms with Crippen molar-refractivity contribution in [1.82, 2.24) is 15.6 Å². The first-order chi connectivity index (χ1) is 13.0. The Balaban J connectivity index is 0.00000392. The lowest BCUT2D eigenvalue weighted by Gasteiger charge is -2.14. The van der Waals surface area contributed by atoms with Crippen molar-refractivity contribution >= 4 is 47.5 Å². The van der Waals surface area contributed by atoms with Crippen LogP contribution in [0.5, 0.6) is 0 Å². The maximum atomic E-state index is 13.5. The zero-order valence-electron chi connectivity index (χ0n) is 16.8. The van der Waals surface area contributed by atoms with Crippen molar-refractivity contribution in [3.8, 4) is 0 Å². The van der Waals surface area contributed by atoms with Crippen LogP contribution in [-0.2, 0) is 18.8 Å². The first-order valence-electron chi connectivity index (χ1n) is 8.94.